The first-order valence-corrected chi connectivity index (χ1v) is 10.6. The number of hydrogen-bond donors (Lipinski definition) is 1. The molecule has 2 fully saturated rings. The van der Waals surface area contributed by atoms with Crippen molar-refractivity contribution < 1.29 is 13.9 Å². The summed E-state index contributed by atoms with van der Waals surface area (Å²) in [6.07, 6.45) is 2.99. The summed E-state index contributed by atoms with van der Waals surface area (Å²) < 4.78 is 20.5. The Kier molecular flexibility index (Phi) is 6.59. The summed E-state index contributed by atoms with van der Waals surface area (Å²) in [5.41, 5.74) is 0.646. The van der Waals surface area contributed by atoms with E-state index in [0.29, 0.717) is 68.3 Å². The van der Waals surface area contributed by atoms with Crippen LogP contribution in [0.3, 0.4) is 0 Å². The maximum Gasteiger partial charge on any atom is 0.224 e. The number of piperazine rings is 1. The Bertz CT molecular complexity index is 959. The monoisotopic (exact) mass is 469 g/mol. The minimum atomic E-state index is -0.389. The van der Waals surface area contributed by atoms with Gasteiger partial charge in [0, 0.05) is 52.3 Å². The molecule has 2 saturated heterocycles. The van der Waals surface area contributed by atoms with Crippen LogP contribution in [0.25, 0.3) is 0 Å². The smallest absolute Gasteiger partial charge is 0.224 e. The second kappa shape index (κ2) is 9.37. The standard InChI is InChI=1S/C19H22Cl2FN7O2/c1-12(30)23-8-14-10-29(11-31-14)13-6-16(22)18(24-7-13)28-4-2-27(3-5-28)17-15(20)9-25-19(21)26-17/h6-7,9,14H,2-5,8,10-11H2,1H3,(H,23,30). The Morgan fingerprint density at radius 2 is 1.87 bits per heavy atom. The highest BCUT2D eigenvalue weighted by Gasteiger charge is 2.26. The molecule has 0 saturated carbocycles. The highest BCUT2D eigenvalue weighted by Crippen LogP contribution is 2.28. The van der Waals surface area contributed by atoms with Crippen molar-refractivity contribution in [2.45, 2.75) is 13.0 Å². The second-order valence-corrected chi connectivity index (χ2v) is 8.11. The summed E-state index contributed by atoms with van der Waals surface area (Å²) >= 11 is 12.1. The number of halogens is 3. The number of carbonyl (C=O) groups is 1. The van der Waals surface area contributed by atoms with Gasteiger partial charge in [-0.2, -0.15) is 4.98 Å². The lowest BCUT2D eigenvalue weighted by molar-refractivity contribution is -0.119. The summed E-state index contributed by atoms with van der Waals surface area (Å²) in [7, 11) is 0. The lowest BCUT2D eigenvalue weighted by atomic mass is 10.2. The fourth-order valence-corrected chi connectivity index (χ4v) is 3.96. The number of anilines is 3. The van der Waals surface area contributed by atoms with Crippen LogP contribution in [0.5, 0.6) is 0 Å². The Morgan fingerprint density at radius 3 is 2.55 bits per heavy atom. The average Bonchev–Trinajstić information content (AvgIpc) is 3.23. The van der Waals surface area contributed by atoms with Gasteiger partial charge in [-0.25, -0.2) is 14.4 Å². The Balaban J connectivity index is 1.37. The van der Waals surface area contributed by atoms with Crippen molar-refractivity contribution in [3.05, 3.63) is 34.6 Å². The zero-order valence-electron chi connectivity index (χ0n) is 16.9. The van der Waals surface area contributed by atoms with Crippen LogP contribution < -0.4 is 20.0 Å². The second-order valence-electron chi connectivity index (χ2n) is 7.36. The molecular formula is C19H22Cl2FN7O2. The number of ether oxygens (including phenoxy) is 1. The molecule has 0 radical (unpaired) electrons. The molecule has 1 amide bonds. The highest BCUT2D eigenvalue weighted by molar-refractivity contribution is 6.33. The normalized spacial score (nSPS) is 19.1. The Labute approximate surface area is 189 Å². The van der Waals surface area contributed by atoms with Crippen LogP contribution in [0.1, 0.15) is 6.92 Å². The van der Waals surface area contributed by atoms with Crippen molar-refractivity contribution in [2.75, 3.05) is 60.7 Å². The molecule has 1 atom stereocenters. The number of hydrogen-bond acceptors (Lipinski definition) is 8. The third-order valence-electron chi connectivity index (χ3n) is 5.22. The van der Waals surface area contributed by atoms with Crippen LogP contribution in [-0.4, -0.2) is 73.0 Å². The van der Waals surface area contributed by atoms with Gasteiger partial charge < -0.3 is 24.8 Å². The van der Waals surface area contributed by atoms with Crippen LogP contribution in [0.2, 0.25) is 10.3 Å². The highest BCUT2D eigenvalue weighted by atomic mass is 35.5. The molecule has 2 aliphatic rings. The first-order valence-electron chi connectivity index (χ1n) is 9.85. The quantitative estimate of drug-likeness (QED) is 0.664. The maximum atomic E-state index is 14.9. The van der Waals surface area contributed by atoms with Crippen molar-refractivity contribution in [1.82, 2.24) is 20.3 Å². The van der Waals surface area contributed by atoms with Crippen LogP contribution in [0.4, 0.5) is 21.7 Å². The van der Waals surface area contributed by atoms with Crippen LogP contribution in [0.15, 0.2) is 18.5 Å². The first kappa shape index (κ1) is 21.8. The number of carbonyl (C=O) groups excluding carboxylic acids is 1. The zero-order valence-corrected chi connectivity index (χ0v) is 18.4. The topological polar surface area (TPSA) is 86.7 Å². The lowest BCUT2D eigenvalue weighted by Gasteiger charge is -2.36. The number of aromatic nitrogens is 3. The Hall–Kier alpha value is -2.43. The molecule has 0 aromatic carbocycles. The molecule has 31 heavy (non-hydrogen) atoms. The summed E-state index contributed by atoms with van der Waals surface area (Å²) in [6, 6.07) is 1.47. The van der Waals surface area contributed by atoms with E-state index in [1.807, 2.05) is 14.7 Å². The van der Waals surface area contributed by atoms with Gasteiger partial charge >= 0.3 is 0 Å². The van der Waals surface area contributed by atoms with E-state index in [2.05, 4.69) is 20.3 Å². The number of rotatable bonds is 5. The van der Waals surface area contributed by atoms with Gasteiger partial charge in [0.25, 0.3) is 0 Å². The molecule has 2 aliphatic heterocycles. The van der Waals surface area contributed by atoms with Gasteiger partial charge in [0.15, 0.2) is 17.5 Å². The molecule has 1 N–H and O–H groups in total. The molecule has 2 aromatic rings. The molecular weight excluding hydrogens is 448 g/mol. The van der Waals surface area contributed by atoms with Gasteiger partial charge in [-0.05, 0) is 11.6 Å². The van der Waals surface area contributed by atoms with Gasteiger partial charge in [0.2, 0.25) is 11.2 Å². The third kappa shape index (κ3) is 5.08. The summed E-state index contributed by atoms with van der Waals surface area (Å²) in [5.74, 6) is 0.391. The molecule has 4 rings (SSSR count). The summed E-state index contributed by atoms with van der Waals surface area (Å²) in [4.78, 5) is 29.3. The van der Waals surface area contributed by atoms with Crippen molar-refractivity contribution >= 4 is 46.4 Å². The van der Waals surface area contributed by atoms with E-state index in [1.165, 1.54) is 19.2 Å². The fourth-order valence-electron chi connectivity index (χ4n) is 3.62. The maximum absolute atomic E-state index is 14.9. The molecule has 166 valence electrons. The van der Waals surface area contributed by atoms with Gasteiger partial charge in [0.1, 0.15) is 11.8 Å². The summed E-state index contributed by atoms with van der Waals surface area (Å²) in [5, 5.41) is 3.29. The largest absolute Gasteiger partial charge is 0.354 e. The van der Waals surface area contributed by atoms with Crippen molar-refractivity contribution in [3.63, 3.8) is 0 Å². The third-order valence-corrected chi connectivity index (χ3v) is 5.66. The van der Waals surface area contributed by atoms with Crippen molar-refractivity contribution in [3.8, 4) is 0 Å². The number of nitrogens with one attached hydrogen (secondary N) is 1. The molecule has 0 aliphatic carbocycles. The number of amides is 1. The fraction of sp³-hybridized carbons (Fsp3) is 0.474. The Morgan fingerprint density at radius 1 is 1.16 bits per heavy atom. The van der Waals surface area contributed by atoms with Crippen LogP contribution in [0, 0.1) is 5.82 Å². The van der Waals surface area contributed by atoms with Crippen LogP contribution >= 0.6 is 23.2 Å². The molecule has 12 heteroatoms. The SMILES string of the molecule is CC(=O)NCC1CN(c2cnc(N3CCN(c4nc(Cl)ncc4Cl)CC3)c(F)c2)CO1. The molecule has 1 unspecified atom stereocenters. The number of nitrogens with zero attached hydrogens (tertiary/aromatic N) is 6. The predicted molar refractivity (Wildman–Crippen MR) is 116 cm³/mol. The summed E-state index contributed by atoms with van der Waals surface area (Å²) in [6.45, 7) is 5.09. The van der Waals surface area contributed by atoms with Gasteiger partial charge in [0.05, 0.1) is 24.2 Å². The minimum absolute atomic E-state index is 0.107. The van der Waals surface area contributed by atoms with Crippen molar-refractivity contribution in [1.29, 1.82) is 0 Å². The van der Waals surface area contributed by atoms with E-state index in [4.69, 9.17) is 27.9 Å². The van der Waals surface area contributed by atoms with E-state index in [-0.39, 0.29) is 23.1 Å². The predicted octanol–water partition coefficient (Wildman–Crippen LogP) is 1.94. The van der Waals surface area contributed by atoms with Gasteiger partial charge in [-0.1, -0.05) is 11.6 Å². The minimum Gasteiger partial charge on any atom is -0.354 e. The van der Waals surface area contributed by atoms with Gasteiger partial charge in [-0.3, -0.25) is 4.79 Å². The zero-order chi connectivity index (χ0) is 22.0. The lowest BCUT2D eigenvalue weighted by Crippen LogP contribution is -2.47. The van der Waals surface area contributed by atoms with E-state index >= 15 is 0 Å². The van der Waals surface area contributed by atoms with E-state index in [9.17, 15) is 9.18 Å². The molecule has 0 bridgehead atoms. The van der Waals surface area contributed by atoms with E-state index < -0.39 is 0 Å². The average molecular weight is 470 g/mol. The molecule has 9 nitrogen and oxygen atoms in total. The van der Waals surface area contributed by atoms with Gasteiger partial charge in [-0.15, -0.1) is 0 Å². The molecule has 2 aromatic heterocycles. The molecule has 4 heterocycles. The van der Waals surface area contributed by atoms with Crippen molar-refractivity contribution in [2.24, 2.45) is 0 Å². The van der Waals surface area contributed by atoms with E-state index in [0.717, 1.165) is 0 Å². The molecule has 0 spiro atoms. The first-order chi connectivity index (χ1) is 14.9. The van der Waals surface area contributed by atoms with E-state index in [1.54, 1.807) is 6.20 Å². The van der Waals surface area contributed by atoms with Crippen LogP contribution in [-0.2, 0) is 9.53 Å². The number of pyridine rings is 1.